The number of hydrogen-bond donors (Lipinski definition) is 6. The molecule has 12 nitrogen and oxygen atoms in total. The molecule has 1 aromatic rings. The molecule has 1 unspecified atom stereocenters. The SMILES string of the molecule is CC/C=C(/C=C\C=C(/C)NC(=O)c1cc2c(cn1)CCN(C(=O)/C(C=NC1CC1)=C/N)C2)C(=N)N(NN)C(C)CO. The van der Waals surface area contributed by atoms with Gasteiger partial charge in [-0.05, 0) is 62.8 Å². The number of nitrogens with one attached hydrogen (secondary N) is 3. The van der Waals surface area contributed by atoms with E-state index in [1.54, 1.807) is 55.5 Å². The van der Waals surface area contributed by atoms with Gasteiger partial charge in [0.1, 0.15) is 11.5 Å². The Morgan fingerprint density at radius 2 is 2.10 bits per heavy atom. The molecule has 0 spiro atoms. The van der Waals surface area contributed by atoms with Crippen LogP contribution >= 0.6 is 0 Å². The second-order valence-electron chi connectivity index (χ2n) is 10.1. The van der Waals surface area contributed by atoms with E-state index in [-0.39, 0.29) is 30.0 Å². The van der Waals surface area contributed by atoms with Crippen LogP contribution in [0.15, 0.2) is 64.6 Å². The van der Waals surface area contributed by atoms with Crippen LogP contribution in [-0.4, -0.2) is 69.1 Å². The number of aliphatic hydroxyl groups excluding tert-OH is 1. The summed E-state index contributed by atoms with van der Waals surface area (Å²) in [6, 6.07) is 1.62. The molecule has 1 aliphatic heterocycles. The Balaban J connectivity index is 1.65. The van der Waals surface area contributed by atoms with Gasteiger partial charge >= 0.3 is 0 Å². The maximum Gasteiger partial charge on any atom is 0.273 e. The number of carbonyl (C=O) groups excluding carboxylic acids is 2. The largest absolute Gasteiger partial charge is 0.404 e. The molecular weight excluding hydrogens is 522 g/mol. The van der Waals surface area contributed by atoms with Crippen LogP contribution in [0.5, 0.6) is 0 Å². The minimum Gasteiger partial charge on any atom is -0.404 e. The van der Waals surface area contributed by atoms with Crippen LogP contribution in [0.25, 0.3) is 0 Å². The van der Waals surface area contributed by atoms with Crippen molar-refractivity contribution >= 4 is 23.9 Å². The van der Waals surface area contributed by atoms with Gasteiger partial charge in [0.2, 0.25) is 0 Å². The van der Waals surface area contributed by atoms with Crippen molar-refractivity contribution in [1.29, 1.82) is 5.41 Å². The normalized spacial score (nSPS) is 17.1. The fourth-order valence-electron chi connectivity index (χ4n) is 4.17. The Morgan fingerprint density at radius 3 is 2.73 bits per heavy atom. The molecule has 0 saturated heterocycles. The smallest absolute Gasteiger partial charge is 0.273 e. The number of allylic oxidation sites excluding steroid dienone is 4. The number of amides is 2. The summed E-state index contributed by atoms with van der Waals surface area (Å²) in [5.74, 6) is 5.11. The van der Waals surface area contributed by atoms with Crippen LogP contribution < -0.4 is 22.4 Å². The monoisotopic (exact) mass is 563 g/mol. The molecule has 0 radical (unpaired) electrons. The van der Waals surface area contributed by atoms with Crippen molar-refractivity contribution in [2.75, 3.05) is 13.2 Å². The van der Waals surface area contributed by atoms with Gasteiger partial charge in [-0.15, -0.1) is 0 Å². The van der Waals surface area contributed by atoms with E-state index in [0.717, 1.165) is 24.0 Å². The number of aliphatic imine (C=N–C) groups is 1. The number of aliphatic hydroxyl groups is 1. The molecule has 1 saturated carbocycles. The third-order valence-electron chi connectivity index (χ3n) is 6.73. The van der Waals surface area contributed by atoms with E-state index in [0.29, 0.717) is 48.8 Å². The van der Waals surface area contributed by atoms with E-state index < -0.39 is 6.04 Å². The first-order chi connectivity index (χ1) is 19.7. The van der Waals surface area contributed by atoms with E-state index >= 15 is 0 Å². The molecule has 2 aliphatic rings. The lowest BCUT2D eigenvalue weighted by molar-refractivity contribution is -0.127. The molecule has 12 heteroatoms. The van der Waals surface area contributed by atoms with Gasteiger partial charge in [0.25, 0.3) is 11.8 Å². The fraction of sp³-hybridized carbons (Fsp3) is 0.414. The van der Waals surface area contributed by atoms with Crippen molar-refractivity contribution in [3.63, 3.8) is 0 Å². The summed E-state index contributed by atoms with van der Waals surface area (Å²) < 4.78 is 0. The van der Waals surface area contributed by atoms with Crippen LogP contribution in [0, 0.1) is 5.41 Å². The molecule has 1 aliphatic carbocycles. The Hall–Kier alpha value is -4.13. The topological polar surface area (TPSA) is 186 Å². The van der Waals surface area contributed by atoms with Crippen LogP contribution in [0.1, 0.15) is 61.6 Å². The van der Waals surface area contributed by atoms with Gasteiger partial charge in [0.15, 0.2) is 0 Å². The van der Waals surface area contributed by atoms with Gasteiger partial charge < -0.3 is 21.1 Å². The molecule has 0 bridgehead atoms. The van der Waals surface area contributed by atoms with Crippen LogP contribution in [-0.2, 0) is 17.8 Å². The predicted molar refractivity (Wildman–Crippen MR) is 159 cm³/mol. The van der Waals surface area contributed by atoms with E-state index in [9.17, 15) is 14.7 Å². The van der Waals surface area contributed by atoms with Gasteiger partial charge in [-0.1, -0.05) is 25.2 Å². The number of aromatic nitrogens is 1. The molecule has 1 atom stereocenters. The molecule has 3 rings (SSSR count). The number of amidine groups is 1. The molecule has 8 N–H and O–H groups in total. The van der Waals surface area contributed by atoms with E-state index in [4.69, 9.17) is 17.0 Å². The fourth-order valence-corrected chi connectivity index (χ4v) is 4.17. The number of hydrazine groups is 2. The van der Waals surface area contributed by atoms with E-state index in [1.807, 2.05) is 13.0 Å². The van der Waals surface area contributed by atoms with Gasteiger partial charge in [-0.2, -0.15) is 5.53 Å². The highest BCUT2D eigenvalue weighted by Crippen LogP contribution is 2.24. The maximum absolute atomic E-state index is 13.0. The molecule has 1 aromatic heterocycles. The molecule has 2 amide bonds. The average molecular weight is 564 g/mol. The first-order valence-electron chi connectivity index (χ1n) is 13.8. The molecule has 1 fully saturated rings. The third kappa shape index (κ3) is 8.68. The second-order valence-corrected chi connectivity index (χ2v) is 10.1. The Labute approximate surface area is 241 Å². The number of fused-ring (bicyclic) bond motifs is 1. The van der Waals surface area contributed by atoms with Crippen molar-refractivity contribution in [2.45, 2.75) is 65.1 Å². The number of pyridine rings is 1. The van der Waals surface area contributed by atoms with Crippen molar-refractivity contribution in [1.82, 2.24) is 25.7 Å². The van der Waals surface area contributed by atoms with E-state index in [2.05, 4.69) is 20.8 Å². The lowest BCUT2D eigenvalue weighted by atomic mass is 10.0. The van der Waals surface area contributed by atoms with Crippen molar-refractivity contribution < 1.29 is 14.7 Å². The van der Waals surface area contributed by atoms with Gasteiger partial charge in [0.05, 0.1) is 24.3 Å². The quantitative estimate of drug-likeness (QED) is 0.0553. The lowest BCUT2D eigenvalue weighted by Crippen LogP contribution is -2.53. The van der Waals surface area contributed by atoms with Gasteiger partial charge in [-0.3, -0.25) is 35.8 Å². The van der Waals surface area contributed by atoms with Crippen LogP contribution in [0.4, 0.5) is 0 Å². The molecule has 2 heterocycles. The zero-order valence-corrected chi connectivity index (χ0v) is 23.9. The minimum atomic E-state index is -0.396. The highest BCUT2D eigenvalue weighted by atomic mass is 16.3. The van der Waals surface area contributed by atoms with Gasteiger partial charge in [0, 0.05) is 43.0 Å². The first kappa shape index (κ1) is 31.4. The zero-order valence-electron chi connectivity index (χ0n) is 23.9. The first-order valence-corrected chi connectivity index (χ1v) is 13.8. The second kappa shape index (κ2) is 15.0. The Bertz CT molecular complexity index is 1280. The van der Waals surface area contributed by atoms with Crippen LogP contribution in [0.2, 0.25) is 0 Å². The lowest BCUT2D eigenvalue weighted by Gasteiger charge is -2.29. The highest BCUT2D eigenvalue weighted by Gasteiger charge is 2.25. The van der Waals surface area contributed by atoms with Crippen molar-refractivity contribution in [3.8, 4) is 0 Å². The molecular formula is C29H41N9O3. The van der Waals surface area contributed by atoms with E-state index in [1.165, 1.54) is 11.2 Å². The summed E-state index contributed by atoms with van der Waals surface area (Å²) in [6.07, 6.45) is 15.0. The number of carbonyl (C=O) groups is 2. The number of hydrogen-bond acceptors (Lipinski definition) is 9. The average Bonchev–Trinajstić information content (AvgIpc) is 3.81. The maximum atomic E-state index is 13.0. The Morgan fingerprint density at radius 1 is 1.34 bits per heavy atom. The highest BCUT2D eigenvalue weighted by molar-refractivity contribution is 6.12. The van der Waals surface area contributed by atoms with Crippen molar-refractivity contribution in [3.05, 3.63) is 76.4 Å². The van der Waals surface area contributed by atoms with Crippen LogP contribution in [0.3, 0.4) is 0 Å². The van der Waals surface area contributed by atoms with Crippen molar-refractivity contribution in [2.24, 2.45) is 16.6 Å². The Kier molecular flexibility index (Phi) is 11.5. The summed E-state index contributed by atoms with van der Waals surface area (Å²) in [4.78, 5) is 36.4. The number of rotatable bonds is 12. The summed E-state index contributed by atoms with van der Waals surface area (Å²) in [5.41, 5.74) is 11.8. The summed E-state index contributed by atoms with van der Waals surface area (Å²) in [5, 5.41) is 22.1. The molecule has 41 heavy (non-hydrogen) atoms. The zero-order chi connectivity index (χ0) is 29.9. The summed E-state index contributed by atoms with van der Waals surface area (Å²) in [7, 11) is 0. The molecule has 0 aromatic carbocycles. The summed E-state index contributed by atoms with van der Waals surface area (Å²) >= 11 is 0. The minimum absolute atomic E-state index is 0.109. The third-order valence-corrected chi connectivity index (χ3v) is 6.73. The standard InChI is InChI=1S/C29H41N9O3/c1-4-6-21(27(31)38(36-32)20(3)18-39)8-5-7-19(2)35-28(40)26-13-23-17-37(12-11-22(23)15-34-26)29(41)24(14-30)16-33-25-9-10-25/h5-8,13-16,20,25,31,36,39H,4,9-12,17-18,30,32H2,1-3H3,(H,35,40)/b8-5-,19-7+,21-6-,24-14+,31-27?,33-16?. The predicted octanol–water partition coefficient (Wildman–Crippen LogP) is 1.61. The van der Waals surface area contributed by atoms with Gasteiger partial charge in [-0.25, -0.2) is 0 Å². The summed E-state index contributed by atoms with van der Waals surface area (Å²) in [6.45, 7) is 6.16. The number of nitrogens with two attached hydrogens (primary N) is 2. The molecule has 220 valence electrons. The number of nitrogens with zero attached hydrogens (tertiary/aromatic N) is 4.